The average molecular weight is 482 g/mol. The molecule has 0 radical (unpaired) electrons. The van der Waals surface area contributed by atoms with Crippen LogP contribution in [0.25, 0.3) is 22.0 Å². The lowest BCUT2D eigenvalue weighted by Gasteiger charge is -2.49. The number of benzene rings is 2. The fraction of sp³-hybridized carbons (Fsp3) is 0.407. The summed E-state index contributed by atoms with van der Waals surface area (Å²) in [6.45, 7) is 0.558. The number of hydrogen-bond acceptors (Lipinski definition) is 4. The van der Waals surface area contributed by atoms with Crippen molar-refractivity contribution >= 4 is 16.8 Å². The average Bonchev–Trinajstić information content (AvgIpc) is 3.70. The van der Waals surface area contributed by atoms with Crippen molar-refractivity contribution in [2.24, 2.45) is 0 Å². The summed E-state index contributed by atoms with van der Waals surface area (Å²) in [5.74, 6) is -1.40. The predicted octanol–water partition coefficient (Wildman–Crippen LogP) is 4.48. The zero-order valence-corrected chi connectivity index (χ0v) is 19.2. The number of ether oxygens (including phenoxy) is 1. The Morgan fingerprint density at radius 1 is 1.09 bits per heavy atom. The highest BCUT2D eigenvalue weighted by Gasteiger charge is 2.51. The molecular weight excluding hydrogens is 455 g/mol. The third-order valence-electron chi connectivity index (χ3n) is 7.53. The summed E-state index contributed by atoms with van der Waals surface area (Å²) < 4.78 is 51.2. The minimum absolute atomic E-state index is 0.00364. The second-order valence-corrected chi connectivity index (χ2v) is 9.89. The molecule has 1 saturated carbocycles. The van der Waals surface area contributed by atoms with E-state index in [9.17, 15) is 4.79 Å². The largest absolute Gasteiger partial charge is 0.360 e. The van der Waals surface area contributed by atoms with Gasteiger partial charge in [0.25, 0.3) is 0 Å². The molecule has 8 heteroatoms. The molecule has 0 bridgehead atoms. The summed E-state index contributed by atoms with van der Waals surface area (Å²) in [6, 6.07) is 12.1. The minimum atomic E-state index is -1.35. The van der Waals surface area contributed by atoms with Crippen LogP contribution >= 0.6 is 0 Å². The van der Waals surface area contributed by atoms with Crippen LogP contribution in [-0.2, 0) is 16.1 Å². The molecule has 3 aromatic rings. The van der Waals surface area contributed by atoms with Crippen molar-refractivity contribution in [3.8, 4) is 11.1 Å². The normalized spacial score (nSPS) is 25.5. The molecule has 0 N–H and O–H groups in total. The van der Waals surface area contributed by atoms with E-state index < -0.39 is 23.4 Å². The molecule has 2 saturated heterocycles. The summed E-state index contributed by atoms with van der Waals surface area (Å²) in [5.41, 5.74) is 0.748. The van der Waals surface area contributed by atoms with Gasteiger partial charge in [-0.1, -0.05) is 18.2 Å². The number of piperidine rings is 1. The van der Waals surface area contributed by atoms with Gasteiger partial charge in [0.2, 0.25) is 5.91 Å². The Labute approximate surface area is 201 Å². The second-order valence-electron chi connectivity index (χ2n) is 9.89. The smallest absolute Gasteiger partial charge is 0.248 e. The van der Waals surface area contributed by atoms with Crippen molar-refractivity contribution in [1.82, 2.24) is 14.8 Å². The number of nitrogens with zero attached hydrogens (tertiary/aromatic N) is 3. The van der Waals surface area contributed by atoms with Crippen LogP contribution < -0.4 is 0 Å². The fourth-order valence-corrected chi connectivity index (χ4v) is 5.29. The van der Waals surface area contributed by atoms with Crippen LogP contribution in [-0.4, -0.2) is 64.7 Å². The minimum Gasteiger partial charge on any atom is -0.360 e. The Hall–Kier alpha value is -2.97. The molecular formula is C27H26F3N3O2. The van der Waals surface area contributed by atoms with Crippen molar-refractivity contribution in [1.29, 1.82) is 0 Å². The van der Waals surface area contributed by atoms with E-state index >= 15 is 13.2 Å². The van der Waals surface area contributed by atoms with Crippen LogP contribution in [0.15, 0.2) is 48.7 Å². The monoisotopic (exact) mass is 481 g/mol. The van der Waals surface area contributed by atoms with Crippen molar-refractivity contribution < 1.29 is 22.7 Å². The summed E-state index contributed by atoms with van der Waals surface area (Å²) in [5, 5.41) is 0.948. The van der Waals surface area contributed by atoms with Crippen LogP contribution in [0.2, 0.25) is 0 Å². The van der Waals surface area contributed by atoms with Crippen LogP contribution in [0.4, 0.5) is 13.2 Å². The molecule has 1 aliphatic carbocycles. The van der Waals surface area contributed by atoms with Crippen molar-refractivity contribution in [3.05, 3.63) is 65.9 Å². The van der Waals surface area contributed by atoms with Crippen LogP contribution in [0.1, 0.15) is 24.8 Å². The first-order valence-electron chi connectivity index (χ1n) is 12.0. The van der Waals surface area contributed by atoms with Gasteiger partial charge < -0.3 is 9.64 Å². The fourth-order valence-electron chi connectivity index (χ4n) is 5.29. The molecule has 1 aromatic heterocycles. The Morgan fingerprint density at radius 2 is 1.89 bits per heavy atom. The maximum absolute atomic E-state index is 15.4. The summed E-state index contributed by atoms with van der Waals surface area (Å²) in [4.78, 5) is 20.0. The van der Waals surface area contributed by atoms with E-state index in [1.165, 1.54) is 12.1 Å². The standard InChI is InChI=1S/C27H26F3N3O2/c28-22-10-19(18-4-3-17-2-1-8-31-24(17)12-18)11-23(29)21(22)13-32-9-7-27(25(30)14-32)16-33(20-5-6-20)26(34)15-35-27/h1-4,8,10-12,20,25H,5-7,9,13-16H2/t25-,27+/m0/s1. The first-order chi connectivity index (χ1) is 16.9. The first kappa shape index (κ1) is 22.5. The van der Waals surface area contributed by atoms with E-state index in [4.69, 9.17) is 4.74 Å². The number of fused-ring (bicyclic) bond motifs is 1. The van der Waals surface area contributed by atoms with Gasteiger partial charge in [-0.05, 0) is 54.7 Å². The van der Waals surface area contributed by atoms with Gasteiger partial charge in [-0.25, -0.2) is 13.2 Å². The van der Waals surface area contributed by atoms with E-state index in [0.717, 1.165) is 23.7 Å². The van der Waals surface area contributed by atoms with Crippen LogP contribution in [0.5, 0.6) is 0 Å². The Morgan fingerprint density at radius 3 is 2.63 bits per heavy atom. The van der Waals surface area contributed by atoms with Gasteiger partial charge in [0, 0.05) is 42.8 Å². The quantitative estimate of drug-likeness (QED) is 0.551. The van der Waals surface area contributed by atoms with Crippen molar-refractivity contribution in [2.45, 2.75) is 43.6 Å². The van der Waals surface area contributed by atoms with Crippen molar-refractivity contribution in [3.63, 3.8) is 0 Å². The van der Waals surface area contributed by atoms with E-state index in [1.807, 2.05) is 24.3 Å². The lowest BCUT2D eigenvalue weighted by Crippen LogP contribution is -2.64. The number of amides is 1. The molecule has 6 rings (SSSR count). The maximum atomic E-state index is 15.4. The molecule has 1 amide bonds. The molecule has 0 unspecified atom stereocenters. The number of carbonyl (C=O) groups excluding carboxylic acids is 1. The second kappa shape index (κ2) is 8.60. The molecule has 2 aromatic carbocycles. The Kier molecular flexibility index (Phi) is 5.53. The molecule has 2 atom stereocenters. The number of carbonyl (C=O) groups is 1. The molecule has 182 valence electrons. The number of alkyl halides is 1. The summed E-state index contributed by atoms with van der Waals surface area (Å²) >= 11 is 0. The number of likely N-dealkylation sites (tertiary alicyclic amines) is 1. The van der Waals surface area contributed by atoms with E-state index in [1.54, 1.807) is 22.1 Å². The lowest BCUT2D eigenvalue weighted by molar-refractivity contribution is -0.189. The Bertz CT molecular complexity index is 1270. The molecule has 3 aliphatic rings. The van der Waals surface area contributed by atoms with Gasteiger partial charge in [-0.3, -0.25) is 14.7 Å². The lowest BCUT2D eigenvalue weighted by atomic mass is 9.87. The number of pyridine rings is 1. The summed E-state index contributed by atoms with van der Waals surface area (Å²) in [6.07, 6.45) is 2.61. The molecule has 3 fully saturated rings. The molecule has 35 heavy (non-hydrogen) atoms. The number of hydrogen-bond donors (Lipinski definition) is 0. The zero-order chi connectivity index (χ0) is 24.2. The number of morpholine rings is 1. The third kappa shape index (κ3) is 4.19. The van der Waals surface area contributed by atoms with Gasteiger partial charge in [-0.15, -0.1) is 0 Å². The van der Waals surface area contributed by atoms with Gasteiger partial charge in [0.1, 0.15) is 30.0 Å². The molecule has 5 nitrogen and oxygen atoms in total. The zero-order valence-electron chi connectivity index (χ0n) is 19.2. The van der Waals surface area contributed by atoms with Crippen molar-refractivity contribution in [2.75, 3.05) is 26.2 Å². The van der Waals surface area contributed by atoms with E-state index in [2.05, 4.69) is 4.98 Å². The molecule has 3 heterocycles. The predicted molar refractivity (Wildman–Crippen MR) is 125 cm³/mol. The highest BCUT2D eigenvalue weighted by Crippen LogP contribution is 2.38. The van der Waals surface area contributed by atoms with Gasteiger partial charge in [-0.2, -0.15) is 0 Å². The first-order valence-corrected chi connectivity index (χ1v) is 12.0. The third-order valence-corrected chi connectivity index (χ3v) is 7.53. The number of rotatable bonds is 4. The molecule has 2 aliphatic heterocycles. The van der Waals surface area contributed by atoms with Gasteiger partial charge >= 0.3 is 0 Å². The van der Waals surface area contributed by atoms with Gasteiger partial charge in [0.15, 0.2) is 0 Å². The highest BCUT2D eigenvalue weighted by atomic mass is 19.1. The maximum Gasteiger partial charge on any atom is 0.248 e. The Balaban J connectivity index is 1.18. The summed E-state index contributed by atoms with van der Waals surface area (Å²) in [7, 11) is 0. The molecule has 1 spiro atoms. The SMILES string of the molecule is O=C1CO[C@]2(CCN(Cc3c(F)cc(-c4ccc5cccnc5c4)cc3F)C[C@@H]2F)CN1C1CC1. The van der Waals surface area contributed by atoms with E-state index in [0.29, 0.717) is 24.1 Å². The van der Waals surface area contributed by atoms with Gasteiger partial charge in [0.05, 0.1) is 12.1 Å². The van der Waals surface area contributed by atoms with Crippen LogP contribution in [0, 0.1) is 11.6 Å². The topological polar surface area (TPSA) is 45.7 Å². The van der Waals surface area contributed by atoms with Crippen LogP contribution in [0.3, 0.4) is 0 Å². The number of aromatic nitrogens is 1. The number of halogens is 3. The highest BCUT2D eigenvalue weighted by molar-refractivity contribution is 5.84. The van der Waals surface area contributed by atoms with E-state index in [-0.39, 0.29) is 43.8 Å².